The van der Waals surface area contributed by atoms with Crippen LogP contribution in [0, 0.1) is 17.8 Å². The van der Waals surface area contributed by atoms with Crippen LogP contribution in [0.25, 0.3) is 0 Å². The van der Waals surface area contributed by atoms with Crippen LogP contribution in [0.2, 0.25) is 0 Å². The van der Waals surface area contributed by atoms with Gasteiger partial charge in [-0.1, -0.05) is 12.5 Å². The molecule has 3 rings (SSSR count). The number of methoxy groups -OCH3 is 2. The summed E-state index contributed by atoms with van der Waals surface area (Å²) in [5, 5.41) is 0. The first-order valence-electron chi connectivity index (χ1n) is 6.98. The van der Waals surface area contributed by atoms with E-state index in [0.29, 0.717) is 41.5 Å². The van der Waals surface area contributed by atoms with Crippen LogP contribution in [0.15, 0.2) is 18.2 Å². The summed E-state index contributed by atoms with van der Waals surface area (Å²) < 4.78 is 10.5. The number of benzene rings is 1. The van der Waals surface area contributed by atoms with Crippen molar-refractivity contribution in [3.8, 4) is 11.5 Å². The number of ketones is 1. The molecule has 0 N–H and O–H groups in total. The quantitative estimate of drug-likeness (QED) is 0.816. The van der Waals surface area contributed by atoms with Gasteiger partial charge in [0.1, 0.15) is 5.78 Å². The number of carbonyl (C=O) groups excluding carboxylic acids is 1. The molecule has 1 aromatic carbocycles. The van der Waals surface area contributed by atoms with Gasteiger partial charge in [0.15, 0.2) is 11.5 Å². The van der Waals surface area contributed by atoms with E-state index in [1.807, 2.05) is 18.2 Å². The number of Topliss-reactive ketones (excluding diaryl/α,β-unsaturated/α-hetero) is 1. The summed E-state index contributed by atoms with van der Waals surface area (Å²) in [6.07, 6.45) is 4.35. The minimum atomic E-state index is 0.349. The molecule has 0 spiro atoms. The molecule has 102 valence electrons. The van der Waals surface area contributed by atoms with Gasteiger partial charge < -0.3 is 9.47 Å². The average molecular weight is 260 g/mol. The fourth-order valence-electron chi connectivity index (χ4n) is 3.61. The van der Waals surface area contributed by atoms with Gasteiger partial charge in [-0.2, -0.15) is 0 Å². The van der Waals surface area contributed by atoms with Crippen LogP contribution in [0.3, 0.4) is 0 Å². The highest BCUT2D eigenvalue weighted by atomic mass is 16.5. The molecule has 2 aliphatic carbocycles. The smallest absolute Gasteiger partial charge is 0.161 e. The second-order valence-electron chi connectivity index (χ2n) is 5.62. The molecule has 0 bridgehead atoms. The molecule has 2 atom stereocenters. The van der Waals surface area contributed by atoms with E-state index in [-0.39, 0.29) is 0 Å². The van der Waals surface area contributed by atoms with Crippen molar-refractivity contribution in [3.63, 3.8) is 0 Å². The van der Waals surface area contributed by atoms with Crippen LogP contribution in [0.1, 0.15) is 24.8 Å². The molecule has 0 saturated heterocycles. The lowest BCUT2D eigenvalue weighted by molar-refractivity contribution is -0.120. The Hall–Kier alpha value is -1.51. The van der Waals surface area contributed by atoms with E-state index in [0.717, 1.165) is 5.56 Å². The second kappa shape index (κ2) is 4.87. The lowest BCUT2D eigenvalue weighted by Crippen LogP contribution is -2.09. The molecule has 0 amide bonds. The molecule has 3 nitrogen and oxygen atoms in total. The van der Waals surface area contributed by atoms with Crippen LogP contribution in [-0.2, 0) is 11.2 Å². The lowest BCUT2D eigenvalue weighted by Gasteiger charge is -2.09. The van der Waals surface area contributed by atoms with Gasteiger partial charge in [0.2, 0.25) is 0 Å². The molecule has 2 aliphatic rings. The Morgan fingerprint density at radius 2 is 1.84 bits per heavy atom. The minimum absolute atomic E-state index is 0.349. The molecule has 2 saturated carbocycles. The first-order chi connectivity index (χ1) is 9.24. The fraction of sp³-hybridized carbons (Fsp3) is 0.562. The average Bonchev–Trinajstić information content (AvgIpc) is 2.92. The summed E-state index contributed by atoms with van der Waals surface area (Å²) in [7, 11) is 3.24. The van der Waals surface area contributed by atoms with E-state index in [1.165, 1.54) is 19.3 Å². The van der Waals surface area contributed by atoms with Crippen molar-refractivity contribution >= 4 is 5.78 Å². The van der Waals surface area contributed by atoms with Crippen molar-refractivity contribution in [2.45, 2.75) is 25.7 Å². The minimum Gasteiger partial charge on any atom is -0.493 e. The van der Waals surface area contributed by atoms with Crippen molar-refractivity contribution in [2.75, 3.05) is 14.2 Å². The number of rotatable bonds is 5. The molecule has 19 heavy (non-hydrogen) atoms. The lowest BCUT2D eigenvalue weighted by atomic mass is 10.0. The van der Waals surface area contributed by atoms with Crippen molar-refractivity contribution in [1.82, 2.24) is 0 Å². The summed E-state index contributed by atoms with van der Waals surface area (Å²) in [5.74, 6) is 3.56. The first-order valence-corrected chi connectivity index (χ1v) is 6.98. The van der Waals surface area contributed by atoms with Gasteiger partial charge in [-0.3, -0.25) is 4.79 Å². The van der Waals surface area contributed by atoms with Crippen LogP contribution >= 0.6 is 0 Å². The molecule has 3 heteroatoms. The topological polar surface area (TPSA) is 35.5 Å². The molecular formula is C16H20O3. The van der Waals surface area contributed by atoms with E-state index in [2.05, 4.69) is 0 Å². The third kappa shape index (κ3) is 2.22. The van der Waals surface area contributed by atoms with Crippen molar-refractivity contribution < 1.29 is 14.3 Å². The molecular weight excluding hydrogens is 240 g/mol. The van der Waals surface area contributed by atoms with E-state index in [1.54, 1.807) is 14.2 Å². The summed E-state index contributed by atoms with van der Waals surface area (Å²) in [6.45, 7) is 0. The predicted molar refractivity (Wildman–Crippen MR) is 72.6 cm³/mol. The highest BCUT2D eigenvalue weighted by molar-refractivity contribution is 5.86. The molecule has 0 radical (unpaired) electrons. The second-order valence-corrected chi connectivity index (χ2v) is 5.62. The number of fused-ring (bicyclic) bond motifs is 1. The third-order valence-electron chi connectivity index (χ3n) is 4.60. The molecule has 0 aliphatic heterocycles. The zero-order valence-electron chi connectivity index (χ0n) is 11.5. The predicted octanol–water partition coefficient (Wildman–Crippen LogP) is 2.86. The largest absolute Gasteiger partial charge is 0.493 e. The van der Waals surface area contributed by atoms with Gasteiger partial charge >= 0.3 is 0 Å². The standard InChI is InChI=1S/C16H20O3/c1-18-14-7-6-10(9-15(14)19-2)8-13(17)16-11-4-3-5-12(11)16/h6-7,9,11-12,16H,3-5,8H2,1-2H3. The molecule has 2 fully saturated rings. The van der Waals surface area contributed by atoms with Gasteiger partial charge in [-0.25, -0.2) is 0 Å². The Morgan fingerprint density at radius 1 is 1.16 bits per heavy atom. The third-order valence-corrected chi connectivity index (χ3v) is 4.60. The number of carbonyl (C=O) groups is 1. The Labute approximate surface area is 113 Å². The van der Waals surface area contributed by atoms with Gasteiger partial charge in [0.05, 0.1) is 14.2 Å². The van der Waals surface area contributed by atoms with Crippen molar-refractivity contribution in [1.29, 1.82) is 0 Å². The van der Waals surface area contributed by atoms with E-state index in [4.69, 9.17) is 9.47 Å². The van der Waals surface area contributed by atoms with Gasteiger partial charge in [-0.05, 0) is 42.4 Å². The Balaban J connectivity index is 1.68. The SMILES string of the molecule is COc1ccc(CC(=O)C2C3CCCC32)cc1OC. The molecule has 0 aromatic heterocycles. The van der Waals surface area contributed by atoms with Crippen LogP contribution in [0.5, 0.6) is 11.5 Å². The summed E-state index contributed by atoms with van der Waals surface area (Å²) in [6, 6.07) is 5.74. The Bertz CT molecular complexity index is 485. The summed E-state index contributed by atoms with van der Waals surface area (Å²) in [4.78, 5) is 12.3. The summed E-state index contributed by atoms with van der Waals surface area (Å²) >= 11 is 0. The zero-order chi connectivity index (χ0) is 13.4. The van der Waals surface area contributed by atoms with E-state index >= 15 is 0 Å². The Kier molecular flexibility index (Phi) is 3.21. The normalized spacial score (nSPS) is 27.8. The monoisotopic (exact) mass is 260 g/mol. The Morgan fingerprint density at radius 3 is 2.47 bits per heavy atom. The van der Waals surface area contributed by atoms with Crippen LogP contribution in [0.4, 0.5) is 0 Å². The van der Waals surface area contributed by atoms with Crippen LogP contribution in [-0.4, -0.2) is 20.0 Å². The highest BCUT2D eigenvalue weighted by Crippen LogP contribution is 2.58. The van der Waals surface area contributed by atoms with E-state index < -0.39 is 0 Å². The maximum Gasteiger partial charge on any atom is 0.161 e. The maximum atomic E-state index is 12.3. The van der Waals surface area contributed by atoms with Crippen LogP contribution < -0.4 is 9.47 Å². The highest BCUT2D eigenvalue weighted by Gasteiger charge is 2.55. The molecule has 1 aromatic rings. The van der Waals surface area contributed by atoms with Crippen molar-refractivity contribution in [3.05, 3.63) is 23.8 Å². The first kappa shape index (κ1) is 12.5. The van der Waals surface area contributed by atoms with Gasteiger partial charge in [0, 0.05) is 12.3 Å². The number of hydrogen-bond acceptors (Lipinski definition) is 3. The van der Waals surface area contributed by atoms with Gasteiger partial charge in [-0.15, -0.1) is 0 Å². The molecule has 2 unspecified atom stereocenters. The fourth-order valence-corrected chi connectivity index (χ4v) is 3.61. The van der Waals surface area contributed by atoms with Gasteiger partial charge in [0.25, 0.3) is 0 Å². The maximum absolute atomic E-state index is 12.3. The number of ether oxygens (including phenoxy) is 2. The summed E-state index contributed by atoms with van der Waals surface area (Å²) in [5.41, 5.74) is 1.02. The van der Waals surface area contributed by atoms with E-state index in [9.17, 15) is 4.79 Å². The number of hydrogen-bond donors (Lipinski definition) is 0. The zero-order valence-corrected chi connectivity index (χ0v) is 11.5. The van der Waals surface area contributed by atoms with Crippen molar-refractivity contribution in [2.24, 2.45) is 17.8 Å². The molecule has 0 heterocycles.